The van der Waals surface area contributed by atoms with Gasteiger partial charge < -0.3 is 9.47 Å². The molecule has 8 rings (SSSR count). The maximum Gasteiger partial charge on any atom is 0.404 e. The molecule has 0 amide bonds. The quantitative estimate of drug-likeness (QED) is 0.467. The Morgan fingerprint density at radius 1 is 0.750 bits per heavy atom. The molecule has 1 atom stereocenters. The Morgan fingerprint density at radius 2 is 1.12 bits per heavy atom. The first kappa shape index (κ1) is 21.7. The van der Waals surface area contributed by atoms with Crippen LogP contribution >= 0.6 is 0 Å². The summed E-state index contributed by atoms with van der Waals surface area (Å²) in [6.45, 7) is 3.32. The average molecular weight is 455 g/mol. The summed E-state index contributed by atoms with van der Waals surface area (Å²) >= 11 is 0. The minimum atomic E-state index is -4.65. The van der Waals surface area contributed by atoms with E-state index in [-0.39, 0.29) is 11.8 Å². The third-order valence-electron chi connectivity index (χ3n) is 11.1. The zero-order chi connectivity index (χ0) is 22.5. The van der Waals surface area contributed by atoms with Crippen molar-refractivity contribution in [1.82, 2.24) is 0 Å². The molecule has 0 spiro atoms. The van der Waals surface area contributed by atoms with E-state index in [1.807, 2.05) is 13.8 Å². The number of carbonyl (C=O) groups excluding carboxylic acids is 1. The first-order chi connectivity index (χ1) is 15.0. The summed E-state index contributed by atoms with van der Waals surface area (Å²) in [4.78, 5) is 13.0. The predicted octanol–water partition coefficient (Wildman–Crippen LogP) is 6.15. The van der Waals surface area contributed by atoms with Crippen molar-refractivity contribution in [3.05, 3.63) is 0 Å². The topological polar surface area (TPSA) is 35.5 Å². The van der Waals surface area contributed by atoms with Crippen LogP contribution in [0.4, 0.5) is 13.2 Å². The van der Waals surface area contributed by atoms with E-state index in [0.717, 1.165) is 63.2 Å². The Kier molecular flexibility index (Phi) is 4.83. The third-order valence-corrected chi connectivity index (χ3v) is 11.1. The molecular weight excluding hydrogens is 417 g/mol. The van der Waals surface area contributed by atoms with Crippen LogP contribution in [0, 0.1) is 53.3 Å². The summed E-state index contributed by atoms with van der Waals surface area (Å²) < 4.78 is 54.2. The highest BCUT2D eigenvalue weighted by atomic mass is 19.4. The van der Waals surface area contributed by atoms with Gasteiger partial charge in [0.05, 0.1) is 12.2 Å². The number of carbonyl (C=O) groups is 1. The zero-order valence-corrected chi connectivity index (χ0v) is 19.3. The highest BCUT2D eigenvalue weighted by Gasteiger charge is 2.60. The largest absolute Gasteiger partial charge is 0.458 e. The number of esters is 1. The summed E-state index contributed by atoms with van der Waals surface area (Å²) in [5, 5.41) is 0. The molecule has 3 nitrogen and oxygen atoms in total. The molecule has 0 aromatic heterocycles. The smallest absolute Gasteiger partial charge is 0.404 e. The van der Waals surface area contributed by atoms with Crippen LogP contribution in [-0.2, 0) is 14.3 Å². The minimum absolute atomic E-state index is 0.208. The normalized spacial score (nSPS) is 51.8. The number of hydrogen-bond acceptors (Lipinski definition) is 3. The summed E-state index contributed by atoms with van der Waals surface area (Å²) in [5.41, 5.74) is -1.29. The van der Waals surface area contributed by atoms with Crippen molar-refractivity contribution in [2.75, 3.05) is 6.61 Å². The van der Waals surface area contributed by atoms with Crippen LogP contribution in [0.5, 0.6) is 0 Å². The standard InChI is InChI=1S/C26H37F3O3/c1-24(18-5-14-3-15(7-18)8-19(24)6-14)31-13-22(26(27,28)29)23(30)32-25(2)20-9-16-4-17(11-20)12-21(25)10-16/h14-22H,3-13H2,1-2H3. The second kappa shape index (κ2) is 7.11. The maximum atomic E-state index is 14.1. The molecule has 0 heterocycles. The van der Waals surface area contributed by atoms with Gasteiger partial charge in [0.1, 0.15) is 5.60 Å². The summed E-state index contributed by atoms with van der Waals surface area (Å²) in [7, 11) is 0. The molecule has 0 N–H and O–H groups in total. The highest BCUT2D eigenvalue weighted by molar-refractivity contribution is 5.74. The molecule has 0 radical (unpaired) electrons. The molecule has 8 aliphatic carbocycles. The van der Waals surface area contributed by atoms with E-state index in [1.165, 1.54) is 12.8 Å². The van der Waals surface area contributed by atoms with Crippen molar-refractivity contribution in [2.24, 2.45) is 53.3 Å². The molecule has 8 aliphatic rings. The fourth-order valence-corrected chi connectivity index (χ4v) is 9.49. The van der Waals surface area contributed by atoms with E-state index in [0.29, 0.717) is 23.7 Å². The summed E-state index contributed by atoms with van der Waals surface area (Å²) in [5.74, 6) is 0.537. The second-order valence-corrected chi connectivity index (χ2v) is 12.8. The lowest BCUT2D eigenvalue weighted by molar-refractivity contribution is -0.252. The molecule has 0 aromatic rings. The van der Waals surface area contributed by atoms with Gasteiger partial charge in [0, 0.05) is 0 Å². The van der Waals surface area contributed by atoms with Gasteiger partial charge >= 0.3 is 12.1 Å². The van der Waals surface area contributed by atoms with E-state index in [4.69, 9.17) is 9.47 Å². The Balaban J connectivity index is 1.17. The molecule has 6 heteroatoms. The first-order valence-corrected chi connectivity index (χ1v) is 13.0. The summed E-state index contributed by atoms with van der Waals surface area (Å²) in [6.07, 6.45) is 6.11. The molecule has 0 saturated heterocycles. The maximum absolute atomic E-state index is 14.1. The number of hydrogen-bond donors (Lipinski definition) is 0. The van der Waals surface area contributed by atoms with Crippen molar-refractivity contribution < 1.29 is 27.4 Å². The number of halogens is 3. The Hall–Kier alpha value is -0.780. The Bertz CT molecular complexity index is 719. The SMILES string of the molecule is CC1(OCC(C(=O)OC2(C)C3CC4CC(C3)CC2C4)C(F)(F)F)C2CC3CC(C2)CC1C3. The van der Waals surface area contributed by atoms with Crippen molar-refractivity contribution in [1.29, 1.82) is 0 Å². The predicted molar refractivity (Wildman–Crippen MR) is 112 cm³/mol. The van der Waals surface area contributed by atoms with Crippen LogP contribution in [0.2, 0.25) is 0 Å². The number of rotatable bonds is 5. The van der Waals surface area contributed by atoms with Crippen LogP contribution in [0.15, 0.2) is 0 Å². The molecule has 0 aromatic carbocycles. The van der Waals surface area contributed by atoms with Crippen molar-refractivity contribution >= 4 is 5.97 Å². The van der Waals surface area contributed by atoms with E-state index in [1.54, 1.807) is 0 Å². The van der Waals surface area contributed by atoms with Gasteiger partial charge in [-0.2, -0.15) is 13.2 Å². The molecule has 1 unspecified atom stereocenters. The number of alkyl halides is 3. The molecule has 8 bridgehead atoms. The lowest BCUT2D eigenvalue weighted by Crippen LogP contribution is -2.60. The van der Waals surface area contributed by atoms with Gasteiger partial charge in [0.15, 0.2) is 5.92 Å². The van der Waals surface area contributed by atoms with Crippen LogP contribution in [0.25, 0.3) is 0 Å². The van der Waals surface area contributed by atoms with Gasteiger partial charge in [-0.1, -0.05) is 0 Å². The van der Waals surface area contributed by atoms with E-state index < -0.39 is 35.9 Å². The number of ether oxygens (including phenoxy) is 2. The molecule has 0 aliphatic heterocycles. The van der Waals surface area contributed by atoms with E-state index >= 15 is 0 Å². The van der Waals surface area contributed by atoms with Crippen molar-refractivity contribution in [2.45, 2.75) is 95.4 Å². The fraction of sp³-hybridized carbons (Fsp3) is 0.962. The molecule has 180 valence electrons. The van der Waals surface area contributed by atoms with Gasteiger partial charge in [0.25, 0.3) is 0 Å². The molecule has 8 fully saturated rings. The monoisotopic (exact) mass is 454 g/mol. The lowest BCUT2D eigenvalue weighted by Gasteiger charge is -2.60. The Labute approximate surface area is 189 Å². The molecule has 8 saturated carbocycles. The highest BCUT2D eigenvalue weighted by Crippen LogP contribution is 2.61. The van der Waals surface area contributed by atoms with Crippen LogP contribution in [0.3, 0.4) is 0 Å². The fourth-order valence-electron chi connectivity index (χ4n) is 9.49. The molecule has 32 heavy (non-hydrogen) atoms. The van der Waals surface area contributed by atoms with Crippen molar-refractivity contribution in [3.8, 4) is 0 Å². The second-order valence-electron chi connectivity index (χ2n) is 12.8. The van der Waals surface area contributed by atoms with Crippen LogP contribution in [-0.4, -0.2) is 30.0 Å². The third kappa shape index (κ3) is 3.28. The zero-order valence-electron chi connectivity index (χ0n) is 19.3. The van der Waals surface area contributed by atoms with E-state index in [2.05, 4.69) is 0 Å². The van der Waals surface area contributed by atoms with Crippen LogP contribution < -0.4 is 0 Å². The summed E-state index contributed by atoms with van der Waals surface area (Å²) in [6, 6.07) is 0. The van der Waals surface area contributed by atoms with E-state index in [9.17, 15) is 18.0 Å². The average Bonchev–Trinajstić information content (AvgIpc) is 2.68. The minimum Gasteiger partial charge on any atom is -0.458 e. The van der Waals surface area contributed by atoms with Gasteiger partial charge in [-0.05, 0) is 125 Å². The Morgan fingerprint density at radius 3 is 1.50 bits per heavy atom. The van der Waals surface area contributed by atoms with Gasteiger partial charge in [-0.15, -0.1) is 0 Å². The lowest BCUT2D eigenvalue weighted by atomic mass is 9.50. The van der Waals surface area contributed by atoms with Crippen molar-refractivity contribution in [3.63, 3.8) is 0 Å². The molecular formula is C26H37F3O3. The van der Waals surface area contributed by atoms with Gasteiger partial charge in [-0.25, -0.2) is 0 Å². The van der Waals surface area contributed by atoms with Gasteiger partial charge in [0.2, 0.25) is 0 Å². The first-order valence-electron chi connectivity index (χ1n) is 13.0. The van der Waals surface area contributed by atoms with Gasteiger partial charge in [-0.3, -0.25) is 4.79 Å². The van der Waals surface area contributed by atoms with Crippen LogP contribution in [0.1, 0.15) is 78.1 Å².